The van der Waals surface area contributed by atoms with Crippen molar-refractivity contribution < 1.29 is 4.79 Å². The molecule has 3 aliphatic heterocycles. The standard InChI is InChI=1S/C24H33N5O/c30-24(29-12-1-2-13-29)19-6-16-28(17-7-19)21-8-14-27(15-9-21)18-20-4-3-5-22-23(20)26-11-10-25-22/h3-5,10-11,19,21H,1-2,6-9,12-18H2. The third-order valence-corrected chi connectivity index (χ3v) is 7.35. The SMILES string of the molecule is O=C(C1CCN(C2CCN(Cc3cccc4nccnc34)CC2)CC1)N1CCCC1. The highest BCUT2D eigenvalue weighted by Crippen LogP contribution is 2.27. The molecule has 0 atom stereocenters. The van der Waals surface area contributed by atoms with Gasteiger partial charge >= 0.3 is 0 Å². The first kappa shape index (κ1) is 19.9. The van der Waals surface area contributed by atoms with E-state index in [0.717, 1.165) is 69.7 Å². The van der Waals surface area contributed by atoms with Gasteiger partial charge in [0.1, 0.15) is 0 Å². The second-order valence-electron chi connectivity index (χ2n) is 9.19. The topological polar surface area (TPSA) is 52.6 Å². The second kappa shape index (κ2) is 8.98. The van der Waals surface area contributed by atoms with Gasteiger partial charge in [-0.1, -0.05) is 12.1 Å². The van der Waals surface area contributed by atoms with Crippen molar-refractivity contribution in [2.24, 2.45) is 5.92 Å². The van der Waals surface area contributed by atoms with E-state index in [9.17, 15) is 4.79 Å². The number of likely N-dealkylation sites (tertiary alicyclic amines) is 3. The number of rotatable bonds is 4. The summed E-state index contributed by atoms with van der Waals surface area (Å²) in [5.74, 6) is 0.701. The highest BCUT2D eigenvalue weighted by Gasteiger charge is 2.33. The number of aromatic nitrogens is 2. The molecule has 2 aromatic rings. The molecular weight excluding hydrogens is 374 g/mol. The van der Waals surface area contributed by atoms with E-state index in [-0.39, 0.29) is 5.92 Å². The number of piperidine rings is 2. The fourth-order valence-corrected chi connectivity index (χ4v) is 5.57. The first-order valence-corrected chi connectivity index (χ1v) is 11.7. The quantitative estimate of drug-likeness (QED) is 0.780. The van der Waals surface area contributed by atoms with Gasteiger partial charge in [0, 0.05) is 44.0 Å². The number of carbonyl (C=O) groups is 1. The summed E-state index contributed by atoms with van der Waals surface area (Å²) >= 11 is 0. The van der Waals surface area contributed by atoms with Crippen LogP contribution in [0.4, 0.5) is 0 Å². The van der Waals surface area contributed by atoms with Crippen LogP contribution in [0.3, 0.4) is 0 Å². The first-order chi connectivity index (χ1) is 14.8. The summed E-state index contributed by atoms with van der Waals surface area (Å²) in [5, 5.41) is 0. The third kappa shape index (κ3) is 4.21. The van der Waals surface area contributed by atoms with Crippen LogP contribution in [-0.2, 0) is 11.3 Å². The molecule has 4 heterocycles. The van der Waals surface area contributed by atoms with Crippen molar-refractivity contribution in [3.63, 3.8) is 0 Å². The lowest BCUT2D eigenvalue weighted by atomic mass is 9.92. The van der Waals surface area contributed by atoms with Crippen LogP contribution in [0, 0.1) is 5.92 Å². The Hall–Kier alpha value is -2.05. The third-order valence-electron chi connectivity index (χ3n) is 7.35. The minimum atomic E-state index is 0.270. The molecule has 3 fully saturated rings. The summed E-state index contributed by atoms with van der Waals surface area (Å²) in [7, 11) is 0. The van der Waals surface area contributed by atoms with E-state index < -0.39 is 0 Å². The monoisotopic (exact) mass is 407 g/mol. The Morgan fingerprint density at radius 1 is 0.900 bits per heavy atom. The van der Waals surface area contributed by atoms with E-state index in [1.54, 1.807) is 12.4 Å². The molecule has 0 radical (unpaired) electrons. The predicted octanol–water partition coefficient (Wildman–Crippen LogP) is 2.93. The lowest BCUT2D eigenvalue weighted by Gasteiger charge is -2.42. The van der Waals surface area contributed by atoms with Gasteiger partial charge < -0.3 is 9.80 Å². The van der Waals surface area contributed by atoms with Gasteiger partial charge in [0.25, 0.3) is 0 Å². The maximum atomic E-state index is 12.7. The number of para-hydroxylation sites is 1. The van der Waals surface area contributed by atoms with Crippen molar-refractivity contribution in [1.82, 2.24) is 24.7 Å². The lowest BCUT2D eigenvalue weighted by Crippen LogP contribution is -2.49. The van der Waals surface area contributed by atoms with Crippen LogP contribution in [-0.4, -0.2) is 75.9 Å². The van der Waals surface area contributed by atoms with Gasteiger partial charge in [0.2, 0.25) is 5.91 Å². The fraction of sp³-hybridized carbons (Fsp3) is 0.625. The minimum Gasteiger partial charge on any atom is -0.342 e. The zero-order valence-electron chi connectivity index (χ0n) is 17.9. The summed E-state index contributed by atoms with van der Waals surface area (Å²) in [6.45, 7) is 7.37. The smallest absolute Gasteiger partial charge is 0.225 e. The van der Waals surface area contributed by atoms with Crippen LogP contribution in [0.15, 0.2) is 30.6 Å². The number of nitrogens with zero attached hydrogens (tertiary/aromatic N) is 5. The number of hydrogen-bond donors (Lipinski definition) is 0. The Morgan fingerprint density at radius 2 is 1.63 bits per heavy atom. The molecule has 0 aliphatic carbocycles. The summed E-state index contributed by atoms with van der Waals surface area (Å²) in [6, 6.07) is 6.99. The maximum absolute atomic E-state index is 12.7. The number of benzene rings is 1. The molecule has 30 heavy (non-hydrogen) atoms. The van der Waals surface area contributed by atoms with Crippen LogP contribution in [0.25, 0.3) is 11.0 Å². The van der Waals surface area contributed by atoms with Gasteiger partial charge in [0.05, 0.1) is 11.0 Å². The Labute approximate surface area is 179 Å². The molecule has 160 valence electrons. The van der Waals surface area contributed by atoms with E-state index in [1.807, 2.05) is 6.07 Å². The van der Waals surface area contributed by atoms with E-state index in [4.69, 9.17) is 0 Å². The molecule has 0 saturated carbocycles. The second-order valence-corrected chi connectivity index (χ2v) is 9.19. The van der Waals surface area contributed by atoms with Crippen molar-refractivity contribution in [3.05, 3.63) is 36.2 Å². The molecule has 6 nitrogen and oxygen atoms in total. The number of amides is 1. The summed E-state index contributed by atoms with van der Waals surface area (Å²) in [5.41, 5.74) is 3.29. The van der Waals surface area contributed by atoms with Crippen LogP contribution in [0.2, 0.25) is 0 Å². The molecule has 6 heteroatoms. The molecule has 0 spiro atoms. The van der Waals surface area contributed by atoms with Crippen molar-refractivity contribution in [1.29, 1.82) is 0 Å². The van der Waals surface area contributed by atoms with Gasteiger partial charge in [-0.15, -0.1) is 0 Å². The Balaban J connectivity index is 1.11. The van der Waals surface area contributed by atoms with E-state index in [0.29, 0.717) is 11.9 Å². The van der Waals surface area contributed by atoms with Gasteiger partial charge in [-0.2, -0.15) is 0 Å². The molecule has 0 bridgehead atoms. The minimum absolute atomic E-state index is 0.270. The Kier molecular flexibility index (Phi) is 5.95. The van der Waals surface area contributed by atoms with Crippen LogP contribution in [0.1, 0.15) is 44.1 Å². The molecule has 5 rings (SSSR count). The molecule has 1 amide bonds. The first-order valence-electron chi connectivity index (χ1n) is 11.7. The summed E-state index contributed by atoms with van der Waals surface area (Å²) < 4.78 is 0. The van der Waals surface area contributed by atoms with Crippen LogP contribution >= 0.6 is 0 Å². The van der Waals surface area contributed by atoms with Gasteiger partial charge in [-0.25, -0.2) is 0 Å². The normalized spacial score (nSPS) is 22.7. The van der Waals surface area contributed by atoms with Crippen molar-refractivity contribution in [3.8, 4) is 0 Å². The van der Waals surface area contributed by atoms with Gasteiger partial charge in [-0.05, 0) is 76.3 Å². The average molecular weight is 408 g/mol. The van der Waals surface area contributed by atoms with Gasteiger partial charge in [-0.3, -0.25) is 19.7 Å². The average Bonchev–Trinajstić information content (AvgIpc) is 3.35. The van der Waals surface area contributed by atoms with E-state index >= 15 is 0 Å². The maximum Gasteiger partial charge on any atom is 0.225 e. The molecular formula is C24H33N5O. The van der Waals surface area contributed by atoms with E-state index in [1.165, 1.54) is 31.2 Å². The van der Waals surface area contributed by atoms with Crippen molar-refractivity contribution in [2.45, 2.75) is 51.1 Å². The van der Waals surface area contributed by atoms with Crippen LogP contribution in [0.5, 0.6) is 0 Å². The van der Waals surface area contributed by atoms with E-state index in [2.05, 4.69) is 36.8 Å². The van der Waals surface area contributed by atoms with Crippen molar-refractivity contribution >= 4 is 16.9 Å². The fourth-order valence-electron chi connectivity index (χ4n) is 5.57. The molecule has 1 aromatic heterocycles. The zero-order chi connectivity index (χ0) is 20.3. The molecule has 0 N–H and O–H groups in total. The lowest BCUT2D eigenvalue weighted by molar-refractivity contribution is -0.136. The summed E-state index contributed by atoms with van der Waals surface area (Å²) in [6.07, 6.45) is 10.5. The number of fused-ring (bicyclic) bond motifs is 1. The van der Waals surface area contributed by atoms with Crippen LogP contribution < -0.4 is 0 Å². The van der Waals surface area contributed by atoms with Crippen molar-refractivity contribution in [2.75, 3.05) is 39.3 Å². The number of hydrogen-bond acceptors (Lipinski definition) is 5. The summed E-state index contributed by atoms with van der Waals surface area (Å²) in [4.78, 5) is 29.0. The molecule has 3 saturated heterocycles. The largest absolute Gasteiger partial charge is 0.342 e. The molecule has 3 aliphatic rings. The van der Waals surface area contributed by atoms with Gasteiger partial charge in [0.15, 0.2) is 0 Å². The molecule has 1 aromatic carbocycles. The molecule has 0 unspecified atom stereocenters. The number of carbonyl (C=O) groups excluding carboxylic acids is 1. The zero-order valence-corrected chi connectivity index (χ0v) is 17.9. The highest BCUT2D eigenvalue weighted by atomic mass is 16.2. The Bertz CT molecular complexity index is 860. The highest BCUT2D eigenvalue weighted by molar-refractivity contribution is 5.79. The predicted molar refractivity (Wildman–Crippen MR) is 118 cm³/mol. The Morgan fingerprint density at radius 3 is 2.40 bits per heavy atom.